The van der Waals surface area contributed by atoms with Crippen molar-refractivity contribution in [2.75, 3.05) is 6.61 Å². The number of hydrogen-bond acceptors (Lipinski definition) is 5. The van der Waals surface area contributed by atoms with E-state index in [0.29, 0.717) is 35.0 Å². The van der Waals surface area contributed by atoms with Crippen molar-refractivity contribution in [1.29, 1.82) is 0 Å². The number of nitrogens with zero attached hydrogens (tertiary/aromatic N) is 2. The summed E-state index contributed by atoms with van der Waals surface area (Å²) in [7, 11) is 0. The van der Waals surface area contributed by atoms with Gasteiger partial charge in [-0.3, -0.25) is 9.59 Å². The molecule has 0 aliphatic heterocycles. The Hall–Kier alpha value is -3.94. The molecule has 0 aliphatic carbocycles. The zero-order valence-electron chi connectivity index (χ0n) is 15.6. The van der Waals surface area contributed by atoms with E-state index >= 15 is 0 Å². The molecule has 0 atom stereocenters. The minimum absolute atomic E-state index is 0.0421. The van der Waals surface area contributed by atoms with Gasteiger partial charge in [-0.05, 0) is 35.7 Å². The number of aromatic nitrogens is 4. The number of carboxylic acid groups (broad SMARTS) is 1. The molecule has 0 amide bonds. The molecular weight excluding hydrogens is 372 g/mol. The summed E-state index contributed by atoms with van der Waals surface area (Å²) >= 11 is 0. The zero-order valence-corrected chi connectivity index (χ0v) is 15.6. The molecule has 4 aromatic rings. The maximum Gasteiger partial charge on any atom is 0.307 e. The van der Waals surface area contributed by atoms with Gasteiger partial charge >= 0.3 is 5.97 Å². The highest BCUT2D eigenvalue weighted by atomic mass is 16.5. The van der Waals surface area contributed by atoms with Crippen LogP contribution in [-0.2, 0) is 11.2 Å². The summed E-state index contributed by atoms with van der Waals surface area (Å²) in [6.07, 6.45) is 1.38. The van der Waals surface area contributed by atoms with E-state index in [0.717, 1.165) is 11.1 Å². The van der Waals surface area contributed by atoms with Gasteiger partial charge in [-0.15, -0.1) is 0 Å². The third-order valence-corrected chi connectivity index (χ3v) is 4.44. The highest BCUT2D eigenvalue weighted by Crippen LogP contribution is 2.33. The third-order valence-electron chi connectivity index (χ3n) is 4.44. The molecular formula is C21H18N4O4. The van der Waals surface area contributed by atoms with Gasteiger partial charge < -0.3 is 19.8 Å². The van der Waals surface area contributed by atoms with Crippen LogP contribution in [0.25, 0.3) is 33.7 Å². The number of benzene rings is 2. The van der Waals surface area contributed by atoms with Crippen LogP contribution in [0.2, 0.25) is 0 Å². The Bertz CT molecular complexity index is 1260. The fraction of sp³-hybridized carbons (Fsp3) is 0.143. The number of nitrogens with one attached hydrogen (secondary N) is 2. The molecule has 8 nitrogen and oxygen atoms in total. The van der Waals surface area contributed by atoms with Gasteiger partial charge in [0.1, 0.15) is 11.6 Å². The van der Waals surface area contributed by atoms with Gasteiger partial charge in [-0.1, -0.05) is 30.3 Å². The fourth-order valence-electron chi connectivity index (χ4n) is 3.18. The number of hydrogen-bond donors (Lipinski definition) is 3. The van der Waals surface area contributed by atoms with Crippen LogP contribution in [-0.4, -0.2) is 37.6 Å². The second-order valence-corrected chi connectivity index (χ2v) is 6.43. The predicted molar refractivity (Wildman–Crippen MR) is 108 cm³/mol. The molecule has 0 radical (unpaired) electrons. The average molecular weight is 390 g/mol. The number of aliphatic carboxylic acids is 1. The van der Waals surface area contributed by atoms with Crippen LogP contribution < -0.4 is 10.3 Å². The monoisotopic (exact) mass is 390 g/mol. The normalized spacial score (nSPS) is 10.9. The first-order valence-corrected chi connectivity index (χ1v) is 9.07. The minimum Gasteiger partial charge on any atom is -0.493 e. The van der Waals surface area contributed by atoms with E-state index in [2.05, 4.69) is 19.9 Å². The van der Waals surface area contributed by atoms with Crippen LogP contribution >= 0.6 is 0 Å². The standard InChI is InChI=1S/C21H18N4O4/c1-2-29-16-10-14(13-5-3-4-12(8-13)9-17(26)27)6-7-15(16)19-24-20-18(21(28)25-19)22-11-23-20/h3-8,10-11H,2,9H2,1H3,(H,26,27)(H2,22,23,24,25,28). The summed E-state index contributed by atoms with van der Waals surface area (Å²) in [6.45, 7) is 2.31. The highest BCUT2D eigenvalue weighted by Gasteiger charge is 2.14. The van der Waals surface area contributed by atoms with Crippen LogP contribution in [0.1, 0.15) is 12.5 Å². The molecule has 2 aromatic heterocycles. The van der Waals surface area contributed by atoms with Crippen LogP contribution in [0.5, 0.6) is 5.75 Å². The maximum absolute atomic E-state index is 12.3. The van der Waals surface area contributed by atoms with Gasteiger partial charge in [0.25, 0.3) is 5.56 Å². The SMILES string of the molecule is CCOc1cc(-c2cccc(CC(=O)O)c2)ccc1-c1nc2[nH]cnc2c(=O)[nH]1. The Morgan fingerprint density at radius 1 is 1.17 bits per heavy atom. The van der Waals surface area contributed by atoms with E-state index in [4.69, 9.17) is 9.84 Å². The van der Waals surface area contributed by atoms with Crippen LogP contribution in [0, 0.1) is 0 Å². The van der Waals surface area contributed by atoms with E-state index in [-0.39, 0.29) is 17.5 Å². The number of H-pyrrole nitrogens is 2. The number of carbonyl (C=O) groups is 1. The topological polar surface area (TPSA) is 121 Å². The Morgan fingerprint density at radius 2 is 2.00 bits per heavy atom. The van der Waals surface area contributed by atoms with Crippen LogP contribution in [0.4, 0.5) is 0 Å². The lowest BCUT2D eigenvalue weighted by molar-refractivity contribution is -0.136. The zero-order chi connectivity index (χ0) is 20.4. The number of carboxylic acids is 1. The Labute approximate surface area is 165 Å². The first-order chi connectivity index (χ1) is 14.0. The van der Waals surface area contributed by atoms with E-state index in [1.165, 1.54) is 6.33 Å². The lowest BCUT2D eigenvalue weighted by Crippen LogP contribution is -2.10. The quantitative estimate of drug-likeness (QED) is 0.465. The van der Waals surface area contributed by atoms with Gasteiger partial charge in [0.2, 0.25) is 0 Å². The second kappa shape index (κ2) is 7.59. The van der Waals surface area contributed by atoms with Crippen molar-refractivity contribution in [2.24, 2.45) is 0 Å². The van der Waals surface area contributed by atoms with Crippen molar-refractivity contribution in [3.8, 4) is 28.3 Å². The van der Waals surface area contributed by atoms with Gasteiger partial charge in [-0.25, -0.2) is 9.97 Å². The number of aromatic amines is 2. The van der Waals surface area contributed by atoms with Gasteiger partial charge in [0, 0.05) is 0 Å². The fourth-order valence-corrected chi connectivity index (χ4v) is 3.18. The molecule has 2 heterocycles. The maximum atomic E-state index is 12.3. The van der Waals surface area contributed by atoms with Crippen molar-refractivity contribution in [2.45, 2.75) is 13.3 Å². The lowest BCUT2D eigenvalue weighted by atomic mass is 10.00. The third kappa shape index (κ3) is 3.73. The lowest BCUT2D eigenvalue weighted by Gasteiger charge is -2.12. The largest absolute Gasteiger partial charge is 0.493 e. The molecule has 0 bridgehead atoms. The Kier molecular flexibility index (Phi) is 4.82. The summed E-state index contributed by atoms with van der Waals surface area (Å²) in [5.41, 5.74) is 3.42. The second-order valence-electron chi connectivity index (χ2n) is 6.43. The molecule has 0 spiro atoms. The minimum atomic E-state index is -0.878. The molecule has 8 heteroatoms. The molecule has 0 saturated heterocycles. The molecule has 2 aromatic carbocycles. The first kappa shape index (κ1) is 18.4. The predicted octanol–water partition coefficient (Wildman–Crippen LogP) is 3.01. The van der Waals surface area contributed by atoms with Crippen molar-refractivity contribution in [3.05, 3.63) is 64.7 Å². The Balaban J connectivity index is 1.79. The average Bonchev–Trinajstić information content (AvgIpc) is 3.17. The molecule has 4 rings (SSSR count). The summed E-state index contributed by atoms with van der Waals surface area (Å²) in [4.78, 5) is 37.2. The first-order valence-electron chi connectivity index (χ1n) is 9.07. The summed E-state index contributed by atoms with van der Waals surface area (Å²) in [5.74, 6) is 0.0637. The summed E-state index contributed by atoms with van der Waals surface area (Å²) in [6, 6.07) is 12.9. The van der Waals surface area contributed by atoms with Crippen LogP contribution in [0.15, 0.2) is 53.6 Å². The number of fused-ring (bicyclic) bond motifs is 1. The molecule has 0 saturated carbocycles. The molecule has 146 valence electrons. The number of rotatable bonds is 6. The molecule has 0 fully saturated rings. The van der Waals surface area contributed by atoms with Gasteiger partial charge in [0.05, 0.1) is 24.9 Å². The van der Waals surface area contributed by atoms with E-state index in [1.54, 1.807) is 6.07 Å². The molecule has 0 unspecified atom stereocenters. The van der Waals surface area contributed by atoms with Crippen LogP contribution in [0.3, 0.4) is 0 Å². The molecule has 29 heavy (non-hydrogen) atoms. The smallest absolute Gasteiger partial charge is 0.307 e. The summed E-state index contributed by atoms with van der Waals surface area (Å²) < 4.78 is 5.80. The van der Waals surface area contributed by atoms with Crippen molar-refractivity contribution < 1.29 is 14.6 Å². The van der Waals surface area contributed by atoms with E-state index < -0.39 is 5.97 Å². The molecule has 3 N–H and O–H groups in total. The van der Waals surface area contributed by atoms with Crippen molar-refractivity contribution in [3.63, 3.8) is 0 Å². The number of imidazole rings is 1. The number of ether oxygens (including phenoxy) is 1. The highest BCUT2D eigenvalue weighted by molar-refractivity contribution is 5.77. The van der Waals surface area contributed by atoms with Crippen molar-refractivity contribution >= 4 is 17.1 Å². The van der Waals surface area contributed by atoms with Gasteiger partial charge in [0.15, 0.2) is 11.2 Å². The Morgan fingerprint density at radius 3 is 2.79 bits per heavy atom. The molecule has 0 aliphatic rings. The van der Waals surface area contributed by atoms with E-state index in [1.807, 2.05) is 43.3 Å². The van der Waals surface area contributed by atoms with Gasteiger partial charge in [-0.2, -0.15) is 0 Å². The van der Waals surface area contributed by atoms with E-state index in [9.17, 15) is 9.59 Å². The summed E-state index contributed by atoms with van der Waals surface area (Å²) in [5, 5.41) is 9.02. The van der Waals surface area contributed by atoms with Crippen molar-refractivity contribution in [1.82, 2.24) is 19.9 Å².